The van der Waals surface area contributed by atoms with E-state index in [1.54, 1.807) is 0 Å². The Kier molecular flexibility index (Phi) is 2.29. The van der Waals surface area contributed by atoms with Crippen LogP contribution in [0.5, 0.6) is 0 Å². The third kappa shape index (κ3) is 1.89. The van der Waals surface area contributed by atoms with Gasteiger partial charge in [0.15, 0.2) is 0 Å². The van der Waals surface area contributed by atoms with Crippen LogP contribution in [0.4, 0.5) is 0 Å². The minimum Gasteiger partial charge on any atom is -0.0723 e. The van der Waals surface area contributed by atoms with Crippen LogP contribution in [0.1, 0.15) is 12.0 Å². The highest BCUT2D eigenvalue weighted by atomic mass is 14.0. The van der Waals surface area contributed by atoms with E-state index in [0.717, 1.165) is 12.0 Å². The molecule has 0 N–H and O–H groups in total. The summed E-state index contributed by atoms with van der Waals surface area (Å²) in [5, 5.41) is 0. The summed E-state index contributed by atoms with van der Waals surface area (Å²) in [6, 6.07) is 10.3. The zero-order valence-corrected chi connectivity index (χ0v) is 7.33. The number of hydrogen-bond acceptors (Lipinski definition) is 0. The quantitative estimate of drug-likeness (QED) is 0.562. The van der Waals surface area contributed by atoms with Crippen molar-refractivity contribution in [2.45, 2.75) is 6.42 Å². The summed E-state index contributed by atoms with van der Waals surface area (Å²) in [6.07, 6.45) is 7.10. The van der Waals surface area contributed by atoms with E-state index in [1.165, 1.54) is 5.56 Å². The van der Waals surface area contributed by atoms with E-state index >= 15 is 0 Å². The normalized spacial score (nSPS) is 14.0. The van der Waals surface area contributed by atoms with E-state index in [9.17, 15) is 0 Å². The molecular weight excluding hydrogens is 156 g/mol. The van der Waals surface area contributed by atoms with Gasteiger partial charge in [-0.2, -0.15) is 0 Å². The monoisotopic (exact) mass is 166 g/mol. The van der Waals surface area contributed by atoms with E-state index < -0.39 is 0 Å². The summed E-state index contributed by atoms with van der Waals surface area (Å²) in [4.78, 5) is 0. The molecule has 0 heteroatoms. The van der Waals surface area contributed by atoms with Crippen molar-refractivity contribution in [1.29, 1.82) is 0 Å². The van der Waals surface area contributed by atoms with E-state index in [1.807, 2.05) is 24.3 Å². The maximum absolute atomic E-state index is 3.12. The molecule has 0 bridgehead atoms. The predicted molar refractivity (Wildman–Crippen MR) is 56.0 cm³/mol. The molecule has 0 saturated heterocycles. The van der Waals surface area contributed by atoms with Gasteiger partial charge in [-0.1, -0.05) is 54.3 Å². The summed E-state index contributed by atoms with van der Waals surface area (Å²) in [5.41, 5.74) is 2.34. The van der Waals surface area contributed by atoms with E-state index in [4.69, 9.17) is 0 Å². The molecule has 0 radical (unpaired) electrons. The Bertz CT molecular complexity index is 397. The van der Waals surface area contributed by atoms with Gasteiger partial charge in [0, 0.05) is 5.57 Å². The number of benzene rings is 1. The van der Waals surface area contributed by atoms with Gasteiger partial charge in [0.25, 0.3) is 0 Å². The van der Waals surface area contributed by atoms with Crippen molar-refractivity contribution >= 4 is 5.57 Å². The van der Waals surface area contributed by atoms with Crippen molar-refractivity contribution in [2.75, 3.05) is 0 Å². The van der Waals surface area contributed by atoms with Crippen LogP contribution in [-0.2, 0) is 0 Å². The minimum atomic E-state index is 0.963. The van der Waals surface area contributed by atoms with Gasteiger partial charge in [-0.15, -0.1) is 0 Å². The molecule has 13 heavy (non-hydrogen) atoms. The van der Waals surface area contributed by atoms with Crippen LogP contribution in [0.3, 0.4) is 0 Å². The maximum Gasteiger partial charge on any atom is 0.0284 e. The predicted octanol–water partition coefficient (Wildman–Crippen LogP) is 3.03. The first-order valence-electron chi connectivity index (χ1n) is 4.39. The molecule has 0 spiro atoms. The molecule has 0 unspecified atom stereocenters. The van der Waals surface area contributed by atoms with Crippen LogP contribution >= 0.6 is 0 Å². The second-order valence-electron chi connectivity index (χ2n) is 2.89. The fourth-order valence-corrected chi connectivity index (χ4v) is 1.29. The smallest absolute Gasteiger partial charge is 0.0284 e. The molecule has 62 valence electrons. The second kappa shape index (κ2) is 3.78. The van der Waals surface area contributed by atoms with E-state index in [2.05, 4.69) is 36.1 Å². The van der Waals surface area contributed by atoms with Gasteiger partial charge in [-0.25, -0.2) is 0 Å². The van der Waals surface area contributed by atoms with Gasteiger partial charge < -0.3 is 0 Å². The standard InChI is InChI=1S/C13H10/c1-2-5-9-12(8-4-1)13-10-6-3-7-11-13/h1-3,6-8,10-11H,4H2. The van der Waals surface area contributed by atoms with Crippen LogP contribution < -0.4 is 0 Å². The number of rotatable bonds is 1. The van der Waals surface area contributed by atoms with Gasteiger partial charge in [-0.05, 0) is 18.1 Å². The average molecular weight is 166 g/mol. The molecule has 0 aromatic heterocycles. The lowest BCUT2D eigenvalue weighted by Crippen LogP contribution is -1.79. The van der Waals surface area contributed by atoms with E-state index in [-0.39, 0.29) is 0 Å². The van der Waals surface area contributed by atoms with Crippen molar-refractivity contribution in [2.24, 2.45) is 0 Å². The summed E-state index contributed by atoms with van der Waals surface area (Å²) in [7, 11) is 0. The van der Waals surface area contributed by atoms with Gasteiger partial charge in [0.1, 0.15) is 0 Å². The number of hydrogen-bond donors (Lipinski definition) is 0. The summed E-state index contributed by atoms with van der Waals surface area (Å²) >= 11 is 0. The fourth-order valence-electron chi connectivity index (χ4n) is 1.29. The molecule has 0 saturated carbocycles. The van der Waals surface area contributed by atoms with Crippen molar-refractivity contribution in [1.82, 2.24) is 0 Å². The lowest BCUT2D eigenvalue weighted by atomic mass is 10.1. The Hall–Kier alpha value is -1.74. The molecule has 0 nitrogen and oxygen atoms in total. The van der Waals surface area contributed by atoms with Crippen molar-refractivity contribution < 1.29 is 0 Å². The van der Waals surface area contributed by atoms with Gasteiger partial charge in [-0.3, -0.25) is 0 Å². The first-order valence-corrected chi connectivity index (χ1v) is 4.39. The van der Waals surface area contributed by atoms with Gasteiger partial charge >= 0.3 is 0 Å². The Morgan fingerprint density at radius 2 is 1.92 bits per heavy atom. The fraction of sp³-hybridized carbons (Fsp3) is 0.0769. The molecule has 1 aliphatic carbocycles. The first-order chi connectivity index (χ1) is 6.47. The molecule has 0 amide bonds. The third-order valence-corrected chi connectivity index (χ3v) is 1.95. The molecule has 0 heterocycles. The molecule has 0 fully saturated rings. The SMILES string of the molecule is C1#CC(c2ccccc2)=CCC=C1. The zero-order chi connectivity index (χ0) is 8.93. The Morgan fingerprint density at radius 3 is 2.77 bits per heavy atom. The van der Waals surface area contributed by atoms with Crippen LogP contribution in [0.15, 0.2) is 48.6 Å². The Labute approximate surface area is 78.6 Å². The average Bonchev–Trinajstić information content (AvgIpc) is 2.47. The molecule has 0 atom stereocenters. The van der Waals surface area contributed by atoms with Crippen LogP contribution in [0.2, 0.25) is 0 Å². The van der Waals surface area contributed by atoms with Crippen LogP contribution in [0.25, 0.3) is 5.57 Å². The summed E-state index contributed by atoms with van der Waals surface area (Å²) in [5.74, 6) is 6.12. The summed E-state index contributed by atoms with van der Waals surface area (Å²) < 4.78 is 0. The second-order valence-corrected chi connectivity index (χ2v) is 2.89. The van der Waals surface area contributed by atoms with Gasteiger partial charge in [0.2, 0.25) is 0 Å². The highest BCUT2D eigenvalue weighted by molar-refractivity contribution is 5.79. The van der Waals surface area contributed by atoms with Crippen LogP contribution in [-0.4, -0.2) is 0 Å². The maximum atomic E-state index is 3.12. The van der Waals surface area contributed by atoms with E-state index in [0.29, 0.717) is 0 Å². The topological polar surface area (TPSA) is 0 Å². The molecule has 1 aliphatic rings. The zero-order valence-electron chi connectivity index (χ0n) is 7.33. The van der Waals surface area contributed by atoms with Crippen LogP contribution in [0, 0.1) is 11.8 Å². The molecular formula is C13H10. The van der Waals surface area contributed by atoms with Crippen molar-refractivity contribution in [3.8, 4) is 11.8 Å². The number of allylic oxidation sites excluding steroid dienone is 4. The molecule has 2 rings (SSSR count). The molecule has 1 aromatic carbocycles. The van der Waals surface area contributed by atoms with Crippen molar-refractivity contribution in [3.63, 3.8) is 0 Å². The third-order valence-electron chi connectivity index (χ3n) is 1.95. The first kappa shape index (κ1) is 7.89. The summed E-state index contributed by atoms with van der Waals surface area (Å²) in [6.45, 7) is 0. The van der Waals surface area contributed by atoms with Gasteiger partial charge in [0.05, 0.1) is 0 Å². The lowest BCUT2D eigenvalue weighted by Gasteiger charge is -1.97. The lowest BCUT2D eigenvalue weighted by molar-refractivity contribution is 1.41. The molecule has 1 aromatic rings. The highest BCUT2D eigenvalue weighted by Gasteiger charge is 1.96. The molecule has 0 aliphatic heterocycles. The highest BCUT2D eigenvalue weighted by Crippen LogP contribution is 2.14. The van der Waals surface area contributed by atoms with Crippen molar-refractivity contribution in [3.05, 3.63) is 54.1 Å². The largest absolute Gasteiger partial charge is 0.0723 e. The Balaban J connectivity index is 2.36. The minimum absolute atomic E-state index is 0.963. The Morgan fingerprint density at radius 1 is 1.08 bits per heavy atom.